The Hall–Kier alpha value is -1.97. The summed E-state index contributed by atoms with van der Waals surface area (Å²) < 4.78 is 13.4. The Morgan fingerprint density at radius 1 is 1.04 bits per heavy atom. The predicted molar refractivity (Wildman–Crippen MR) is 92.4 cm³/mol. The van der Waals surface area contributed by atoms with Crippen LogP contribution < -0.4 is 0 Å². The zero-order chi connectivity index (χ0) is 16.5. The Morgan fingerprint density at radius 3 is 2.43 bits per heavy atom. The molecule has 0 aliphatic heterocycles. The van der Waals surface area contributed by atoms with Gasteiger partial charge < -0.3 is 5.11 Å². The second-order valence-corrected chi connectivity index (χ2v) is 5.80. The van der Waals surface area contributed by atoms with Crippen LogP contribution in [0.15, 0.2) is 67.3 Å². The highest BCUT2D eigenvalue weighted by atomic mass is 19.1. The van der Waals surface area contributed by atoms with Crippen LogP contribution in [0.3, 0.4) is 0 Å². The van der Waals surface area contributed by atoms with E-state index in [4.69, 9.17) is 0 Å². The summed E-state index contributed by atoms with van der Waals surface area (Å²) in [5.74, 6) is -0.227. The largest absolute Gasteiger partial charge is 0.392 e. The molecule has 0 radical (unpaired) electrons. The molecule has 0 aliphatic carbocycles. The van der Waals surface area contributed by atoms with E-state index in [9.17, 15) is 9.50 Å². The number of aliphatic hydroxyl groups excluding tert-OH is 1. The van der Waals surface area contributed by atoms with Crippen LogP contribution in [0.25, 0.3) is 0 Å². The first kappa shape index (κ1) is 17.4. The molecule has 0 aromatic heterocycles. The standard InChI is InChI=1S/C20H24FNO/c1-2-3-12-20(23)16-22(14-17-8-5-4-6-9-17)15-18-10-7-11-19(21)13-18/h2,4-11,13,20,23H,1,3,12,14-16H2. The van der Waals surface area contributed by atoms with Crippen LogP contribution in [0.1, 0.15) is 24.0 Å². The lowest BCUT2D eigenvalue weighted by Gasteiger charge is -2.25. The molecule has 2 aromatic carbocycles. The first-order valence-electron chi connectivity index (χ1n) is 7.97. The molecule has 0 spiro atoms. The third-order valence-corrected chi connectivity index (χ3v) is 3.72. The van der Waals surface area contributed by atoms with Gasteiger partial charge >= 0.3 is 0 Å². The third kappa shape index (κ3) is 6.35. The molecule has 2 aromatic rings. The molecule has 1 unspecified atom stereocenters. The Kier molecular flexibility index (Phi) is 6.98. The van der Waals surface area contributed by atoms with Gasteiger partial charge in [-0.1, -0.05) is 48.5 Å². The maximum Gasteiger partial charge on any atom is 0.123 e. The van der Waals surface area contributed by atoms with E-state index in [2.05, 4.69) is 23.6 Å². The SMILES string of the molecule is C=CCCC(O)CN(Cc1ccccc1)Cc1cccc(F)c1. The van der Waals surface area contributed by atoms with Crippen molar-refractivity contribution >= 4 is 0 Å². The zero-order valence-corrected chi connectivity index (χ0v) is 13.4. The summed E-state index contributed by atoms with van der Waals surface area (Å²) in [7, 11) is 0. The van der Waals surface area contributed by atoms with Crippen LogP contribution in [-0.4, -0.2) is 22.7 Å². The second kappa shape index (κ2) is 9.23. The molecule has 1 atom stereocenters. The van der Waals surface area contributed by atoms with Gasteiger partial charge in [0.2, 0.25) is 0 Å². The summed E-state index contributed by atoms with van der Waals surface area (Å²) in [6.45, 7) is 5.58. The van der Waals surface area contributed by atoms with Crippen LogP contribution >= 0.6 is 0 Å². The van der Waals surface area contributed by atoms with E-state index in [0.29, 0.717) is 19.5 Å². The lowest BCUT2D eigenvalue weighted by atomic mass is 10.1. The molecule has 0 saturated carbocycles. The molecule has 3 heteroatoms. The number of benzene rings is 2. The van der Waals surface area contributed by atoms with E-state index in [1.165, 1.54) is 11.6 Å². The average Bonchev–Trinajstić information content (AvgIpc) is 2.54. The average molecular weight is 313 g/mol. The Bertz CT molecular complexity index is 600. The van der Waals surface area contributed by atoms with E-state index in [0.717, 1.165) is 18.5 Å². The quantitative estimate of drug-likeness (QED) is 0.703. The van der Waals surface area contributed by atoms with Gasteiger partial charge in [0.1, 0.15) is 5.82 Å². The van der Waals surface area contributed by atoms with Crippen molar-refractivity contribution in [2.24, 2.45) is 0 Å². The van der Waals surface area contributed by atoms with Crippen molar-refractivity contribution in [2.45, 2.75) is 32.0 Å². The van der Waals surface area contributed by atoms with Crippen molar-refractivity contribution in [1.29, 1.82) is 0 Å². The predicted octanol–water partition coefficient (Wildman–Crippen LogP) is 4.16. The highest BCUT2D eigenvalue weighted by Crippen LogP contribution is 2.13. The van der Waals surface area contributed by atoms with Crippen LogP contribution in [0.4, 0.5) is 4.39 Å². The van der Waals surface area contributed by atoms with Crippen LogP contribution in [0.5, 0.6) is 0 Å². The molecule has 0 saturated heterocycles. The summed E-state index contributed by atoms with van der Waals surface area (Å²) in [5.41, 5.74) is 2.09. The molecule has 23 heavy (non-hydrogen) atoms. The minimum absolute atomic E-state index is 0.227. The first-order chi connectivity index (χ1) is 11.2. The molecule has 0 fully saturated rings. The highest BCUT2D eigenvalue weighted by molar-refractivity contribution is 5.18. The maximum absolute atomic E-state index is 13.4. The lowest BCUT2D eigenvalue weighted by Crippen LogP contribution is -2.31. The van der Waals surface area contributed by atoms with Gasteiger partial charge in [-0.25, -0.2) is 4.39 Å². The molecular weight excluding hydrogens is 289 g/mol. The molecule has 2 rings (SSSR count). The van der Waals surface area contributed by atoms with Crippen LogP contribution in [0.2, 0.25) is 0 Å². The number of rotatable bonds is 9. The van der Waals surface area contributed by atoms with Crippen LogP contribution in [0, 0.1) is 5.82 Å². The van der Waals surface area contributed by atoms with E-state index >= 15 is 0 Å². The molecule has 122 valence electrons. The highest BCUT2D eigenvalue weighted by Gasteiger charge is 2.13. The van der Waals surface area contributed by atoms with Crippen molar-refractivity contribution in [3.8, 4) is 0 Å². The van der Waals surface area contributed by atoms with E-state index in [1.54, 1.807) is 12.1 Å². The number of hydrogen-bond acceptors (Lipinski definition) is 2. The van der Waals surface area contributed by atoms with Crippen molar-refractivity contribution in [3.05, 3.63) is 84.2 Å². The maximum atomic E-state index is 13.4. The van der Waals surface area contributed by atoms with Gasteiger partial charge in [-0.2, -0.15) is 0 Å². The Balaban J connectivity index is 2.05. The van der Waals surface area contributed by atoms with Gasteiger partial charge in [-0.3, -0.25) is 4.90 Å². The summed E-state index contributed by atoms with van der Waals surface area (Å²) in [6.07, 6.45) is 2.89. The summed E-state index contributed by atoms with van der Waals surface area (Å²) in [4.78, 5) is 2.15. The molecule has 0 bridgehead atoms. The summed E-state index contributed by atoms with van der Waals surface area (Å²) in [5, 5.41) is 10.2. The molecule has 0 amide bonds. The molecule has 0 heterocycles. The number of aliphatic hydroxyl groups is 1. The summed E-state index contributed by atoms with van der Waals surface area (Å²) >= 11 is 0. The van der Waals surface area contributed by atoms with Gasteiger partial charge in [-0.05, 0) is 36.1 Å². The summed E-state index contributed by atoms with van der Waals surface area (Å²) in [6, 6.07) is 16.8. The fourth-order valence-corrected chi connectivity index (χ4v) is 2.62. The Morgan fingerprint density at radius 2 is 1.74 bits per heavy atom. The minimum Gasteiger partial charge on any atom is -0.392 e. The molecule has 2 nitrogen and oxygen atoms in total. The van der Waals surface area contributed by atoms with E-state index in [-0.39, 0.29) is 5.82 Å². The fourth-order valence-electron chi connectivity index (χ4n) is 2.62. The second-order valence-electron chi connectivity index (χ2n) is 5.80. The van der Waals surface area contributed by atoms with Crippen molar-refractivity contribution in [3.63, 3.8) is 0 Å². The van der Waals surface area contributed by atoms with Gasteiger partial charge in [-0.15, -0.1) is 6.58 Å². The number of halogens is 1. The third-order valence-electron chi connectivity index (χ3n) is 3.72. The van der Waals surface area contributed by atoms with E-state index < -0.39 is 6.10 Å². The van der Waals surface area contributed by atoms with Gasteiger partial charge in [0.15, 0.2) is 0 Å². The van der Waals surface area contributed by atoms with Gasteiger partial charge in [0, 0.05) is 19.6 Å². The number of nitrogens with zero attached hydrogens (tertiary/aromatic N) is 1. The monoisotopic (exact) mass is 313 g/mol. The lowest BCUT2D eigenvalue weighted by molar-refractivity contribution is 0.0983. The van der Waals surface area contributed by atoms with Crippen molar-refractivity contribution < 1.29 is 9.50 Å². The van der Waals surface area contributed by atoms with Crippen molar-refractivity contribution in [2.75, 3.05) is 6.54 Å². The Labute approximate surface area is 137 Å². The van der Waals surface area contributed by atoms with Crippen molar-refractivity contribution in [1.82, 2.24) is 4.90 Å². The molecular formula is C20H24FNO. The van der Waals surface area contributed by atoms with Crippen LogP contribution in [-0.2, 0) is 13.1 Å². The van der Waals surface area contributed by atoms with Gasteiger partial charge in [0.25, 0.3) is 0 Å². The first-order valence-corrected chi connectivity index (χ1v) is 7.97. The topological polar surface area (TPSA) is 23.5 Å². The minimum atomic E-state index is -0.412. The van der Waals surface area contributed by atoms with Gasteiger partial charge in [0.05, 0.1) is 6.10 Å². The van der Waals surface area contributed by atoms with E-state index in [1.807, 2.05) is 30.3 Å². The molecule has 0 aliphatic rings. The number of allylic oxidation sites excluding steroid dienone is 1. The zero-order valence-electron chi connectivity index (χ0n) is 13.4. The number of hydrogen-bond donors (Lipinski definition) is 1. The fraction of sp³-hybridized carbons (Fsp3) is 0.300. The molecule has 1 N–H and O–H groups in total. The smallest absolute Gasteiger partial charge is 0.123 e. The normalized spacial score (nSPS) is 12.3.